The Hall–Kier alpha value is -2.94. The topological polar surface area (TPSA) is 64.3 Å². The van der Waals surface area contributed by atoms with E-state index in [2.05, 4.69) is 6.07 Å². The molecule has 0 spiro atoms. The van der Waals surface area contributed by atoms with Crippen molar-refractivity contribution in [2.75, 3.05) is 7.05 Å². The monoisotopic (exact) mass is 388 g/mol. The summed E-state index contributed by atoms with van der Waals surface area (Å²) in [6.07, 6.45) is -0.338. The summed E-state index contributed by atoms with van der Waals surface area (Å²) in [4.78, 5) is 15.9. The van der Waals surface area contributed by atoms with E-state index in [-0.39, 0.29) is 17.9 Å². The van der Waals surface area contributed by atoms with Crippen LogP contribution in [-0.2, 0) is 4.79 Å². The van der Waals surface area contributed by atoms with Gasteiger partial charge in [-0.3, -0.25) is 4.79 Å². The number of hydrogen-bond donors (Lipinski definition) is 1. The van der Waals surface area contributed by atoms with Gasteiger partial charge in [0, 0.05) is 29.1 Å². The normalized spacial score (nSPS) is 20.2. The van der Waals surface area contributed by atoms with Gasteiger partial charge in [-0.05, 0) is 35.4 Å². The number of rotatable bonds is 4. The lowest BCUT2D eigenvalue weighted by atomic mass is 9.88. The molecule has 4 rings (SSSR count). The van der Waals surface area contributed by atoms with Gasteiger partial charge in [0.25, 0.3) is 0 Å². The molecule has 1 amide bonds. The largest absolute Gasteiger partial charge is 0.385 e. The minimum atomic E-state index is -0.751. The number of likely N-dealkylation sites (N-methyl/N-ethyl adjacent to an activating group) is 1. The van der Waals surface area contributed by atoms with E-state index in [1.54, 1.807) is 24.1 Å². The first-order chi connectivity index (χ1) is 13.6. The molecule has 28 heavy (non-hydrogen) atoms. The van der Waals surface area contributed by atoms with Gasteiger partial charge in [-0.1, -0.05) is 42.5 Å². The molecule has 1 unspecified atom stereocenters. The lowest BCUT2D eigenvalue weighted by Gasteiger charge is -2.29. The molecule has 1 aliphatic rings. The van der Waals surface area contributed by atoms with Gasteiger partial charge in [-0.25, -0.2) is 0 Å². The summed E-state index contributed by atoms with van der Waals surface area (Å²) in [5.41, 5.74) is 2.71. The SMILES string of the molecule is CN1C(=O)C[C@H](c2ccccc2)[C@@H]1C(O)c1ccc(-c2ccc(C#N)cc2)s1. The minimum Gasteiger partial charge on any atom is -0.385 e. The zero-order valence-corrected chi connectivity index (χ0v) is 16.3. The van der Waals surface area contributed by atoms with Gasteiger partial charge < -0.3 is 10.0 Å². The predicted octanol–water partition coefficient (Wildman–Crippen LogP) is 4.33. The molecule has 1 aromatic heterocycles. The maximum atomic E-state index is 12.4. The zero-order valence-electron chi connectivity index (χ0n) is 15.4. The number of nitrogens with zero attached hydrogens (tertiary/aromatic N) is 2. The van der Waals surface area contributed by atoms with Crippen LogP contribution in [0.15, 0.2) is 66.7 Å². The van der Waals surface area contributed by atoms with E-state index in [1.807, 2.05) is 54.6 Å². The number of thiophene rings is 1. The van der Waals surface area contributed by atoms with Crippen LogP contribution < -0.4 is 0 Å². The number of carbonyl (C=O) groups excluding carboxylic acids is 1. The van der Waals surface area contributed by atoms with Crippen molar-refractivity contribution in [3.05, 3.63) is 82.7 Å². The van der Waals surface area contributed by atoms with Crippen LogP contribution in [0.25, 0.3) is 10.4 Å². The van der Waals surface area contributed by atoms with Gasteiger partial charge in [0.15, 0.2) is 0 Å². The summed E-state index contributed by atoms with van der Waals surface area (Å²) in [7, 11) is 1.77. The third-order valence-corrected chi connectivity index (χ3v) is 6.62. The summed E-state index contributed by atoms with van der Waals surface area (Å²) in [5.74, 6) is 0.0240. The second kappa shape index (κ2) is 7.59. The Balaban J connectivity index is 1.62. The highest BCUT2D eigenvalue weighted by molar-refractivity contribution is 7.15. The Kier molecular flexibility index (Phi) is 4.99. The molecule has 0 saturated carbocycles. The van der Waals surface area contributed by atoms with E-state index in [9.17, 15) is 9.90 Å². The molecule has 140 valence electrons. The predicted molar refractivity (Wildman–Crippen MR) is 110 cm³/mol. The molecule has 4 nitrogen and oxygen atoms in total. The van der Waals surface area contributed by atoms with E-state index < -0.39 is 6.10 Å². The Morgan fingerprint density at radius 3 is 2.50 bits per heavy atom. The fourth-order valence-electron chi connectivity index (χ4n) is 3.88. The average molecular weight is 388 g/mol. The molecule has 5 heteroatoms. The fraction of sp³-hybridized carbons (Fsp3) is 0.217. The fourth-order valence-corrected chi connectivity index (χ4v) is 4.92. The molecule has 0 bridgehead atoms. The van der Waals surface area contributed by atoms with Crippen LogP contribution >= 0.6 is 11.3 Å². The maximum Gasteiger partial charge on any atom is 0.223 e. The minimum absolute atomic E-state index is 0.0332. The molecule has 3 aromatic rings. The molecule has 0 aliphatic carbocycles. The Labute approximate surface area is 168 Å². The molecule has 0 radical (unpaired) electrons. The number of benzene rings is 2. The second-order valence-corrected chi connectivity index (χ2v) is 8.17. The average Bonchev–Trinajstić information content (AvgIpc) is 3.34. The molecule has 1 aliphatic heterocycles. The number of amides is 1. The van der Waals surface area contributed by atoms with Gasteiger partial charge in [-0.2, -0.15) is 5.26 Å². The highest BCUT2D eigenvalue weighted by atomic mass is 32.1. The Bertz CT molecular complexity index is 1020. The molecule has 2 heterocycles. The standard InChI is InChI=1S/C23H20N2O2S/c1-25-21(26)13-18(16-5-3-2-4-6-16)22(25)23(27)20-12-11-19(28-20)17-9-7-15(14-24)8-10-17/h2-12,18,22-23,27H,13H2,1H3/t18-,22-,23?/m1/s1. The van der Waals surface area contributed by atoms with Crippen molar-refractivity contribution in [3.8, 4) is 16.5 Å². The van der Waals surface area contributed by atoms with Crippen LogP contribution in [0.2, 0.25) is 0 Å². The molecule has 3 atom stereocenters. The first-order valence-electron chi connectivity index (χ1n) is 9.17. The zero-order chi connectivity index (χ0) is 19.7. The van der Waals surface area contributed by atoms with Crippen LogP contribution in [0, 0.1) is 11.3 Å². The van der Waals surface area contributed by atoms with E-state index in [1.165, 1.54) is 11.3 Å². The highest BCUT2D eigenvalue weighted by Crippen LogP contribution is 2.42. The van der Waals surface area contributed by atoms with Gasteiger partial charge in [0.05, 0.1) is 17.7 Å². The first kappa shape index (κ1) is 18.4. The van der Waals surface area contributed by atoms with Crippen LogP contribution in [0.4, 0.5) is 0 Å². The number of nitriles is 1. The number of aliphatic hydroxyl groups excluding tert-OH is 1. The van der Waals surface area contributed by atoms with Crippen LogP contribution in [0.1, 0.15) is 34.4 Å². The molecular formula is C23H20N2O2S. The highest BCUT2D eigenvalue weighted by Gasteiger charge is 2.43. The smallest absolute Gasteiger partial charge is 0.223 e. The second-order valence-electron chi connectivity index (χ2n) is 7.05. The van der Waals surface area contributed by atoms with E-state index in [0.29, 0.717) is 12.0 Å². The molecule has 2 aromatic carbocycles. The van der Waals surface area contributed by atoms with Crippen LogP contribution in [0.3, 0.4) is 0 Å². The van der Waals surface area contributed by atoms with Crippen molar-refractivity contribution in [2.45, 2.75) is 24.5 Å². The summed E-state index contributed by atoms with van der Waals surface area (Å²) < 4.78 is 0. The van der Waals surface area contributed by atoms with E-state index >= 15 is 0 Å². The van der Waals surface area contributed by atoms with Gasteiger partial charge in [0.2, 0.25) is 5.91 Å². The third-order valence-electron chi connectivity index (χ3n) is 5.42. The van der Waals surface area contributed by atoms with E-state index in [0.717, 1.165) is 20.9 Å². The lowest BCUT2D eigenvalue weighted by molar-refractivity contribution is -0.128. The van der Waals surface area contributed by atoms with Crippen molar-refractivity contribution in [2.24, 2.45) is 0 Å². The quantitative estimate of drug-likeness (QED) is 0.723. The third kappa shape index (κ3) is 3.33. The summed E-state index contributed by atoms with van der Waals surface area (Å²) in [6.45, 7) is 0. The summed E-state index contributed by atoms with van der Waals surface area (Å²) >= 11 is 1.52. The van der Waals surface area contributed by atoms with Crippen LogP contribution in [0.5, 0.6) is 0 Å². The van der Waals surface area contributed by atoms with Gasteiger partial charge in [0.1, 0.15) is 6.10 Å². The lowest BCUT2D eigenvalue weighted by Crippen LogP contribution is -2.36. The molecule has 1 saturated heterocycles. The van der Waals surface area contributed by atoms with Crippen LogP contribution in [-0.4, -0.2) is 29.0 Å². The number of hydrogen-bond acceptors (Lipinski definition) is 4. The number of likely N-dealkylation sites (tertiary alicyclic amines) is 1. The maximum absolute atomic E-state index is 12.4. The summed E-state index contributed by atoms with van der Waals surface area (Å²) in [6, 6.07) is 23.1. The first-order valence-corrected chi connectivity index (χ1v) is 9.99. The number of carbonyl (C=O) groups is 1. The van der Waals surface area contributed by atoms with Crippen molar-refractivity contribution in [1.82, 2.24) is 4.90 Å². The van der Waals surface area contributed by atoms with E-state index in [4.69, 9.17) is 5.26 Å². The number of aliphatic hydroxyl groups is 1. The Morgan fingerprint density at radius 1 is 1.11 bits per heavy atom. The Morgan fingerprint density at radius 2 is 1.82 bits per heavy atom. The van der Waals surface area contributed by atoms with Crippen molar-refractivity contribution >= 4 is 17.2 Å². The van der Waals surface area contributed by atoms with Gasteiger partial charge in [-0.15, -0.1) is 11.3 Å². The van der Waals surface area contributed by atoms with Gasteiger partial charge >= 0.3 is 0 Å². The molecular weight excluding hydrogens is 368 g/mol. The molecule has 1 fully saturated rings. The van der Waals surface area contributed by atoms with Crippen molar-refractivity contribution < 1.29 is 9.90 Å². The molecule has 1 N–H and O–H groups in total. The summed E-state index contributed by atoms with van der Waals surface area (Å²) in [5, 5.41) is 20.1. The van der Waals surface area contributed by atoms with Crippen molar-refractivity contribution in [1.29, 1.82) is 5.26 Å². The van der Waals surface area contributed by atoms with Crippen molar-refractivity contribution in [3.63, 3.8) is 0 Å².